The van der Waals surface area contributed by atoms with Crippen molar-refractivity contribution < 1.29 is 18.3 Å². The van der Waals surface area contributed by atoms with Crippen LogP contribution in [0.2, 0.25) is 0 Å². The van der Waals surface area contributed by atoms with Gasteiger partial charge in [0.25, 0.3) is 0 Å². The second-order valence-electron chi connectivity index (χ2n) is 5.54. The molecule has 1 aromatic rings. The van der Waals surface area contributed by atoms with Crippen LogP contribution < -0.4 is 0 Å². The summed E-state index contributed by atoms with van der Waals surface area (Å²) < 4.78 is 39.1. The largest absolute Gasteiger partial charge is 0.393 e. The van der Waals surface area contributed by atoms with Crippen molar-refractivity contribution in [3.8, 4) is 0 Å². The monoisotopic (exact) mass is 365 g/mol. The van der Waals surface area contributed by atoms with Gasteiger partial charge in [-0.15, -0.1) is 0 Å². The van der Waals surface area contributed by atoms with Crippen molar-refractivity contribution >= 4 is 15.9 Å². The molecule has 2 nitrogen and oxygen atoms in total. The van der Waals surface area contributed by atoms with Crippen LogP contribution in [0.25, 0.3) is 0 Å². The molecule has 2 rings (SSSR count). The highest BCUT2D eigenvalue weighted by Crippen LogP contribution is 2.33. The number of nitrogens with zero attached hydrogens (tertiary/aromatic N) is 1. The molecule has 1 aliphatic heterocycles. The van der Waals surface area contributed by atoms with E-state index in [2.05, 4.69) is 15.9 Å². The summed E-state index contributed by atoms with van der Waals surface area (Å²) in [6.07, 6.45) is -3.51. The Morgan fingerprint density at radius 2 is 1.95 bits per heavy atom. The fraction of sp³-hybridized carbons (Fsp3) is 0.600. The van der Waals surface area contributed by atoms with Gasteiger partial charge in [0.2, 0.25) is 0 Å². The molecule has 2 unspecified atom stereocenters. The number of likely N-dealkylation sites (tertiary alicyclic amines) is 1. The lowest BCUT2D eigenvalue weighted by molar-refractivity contribution is -0.186. The van der Waals surface area contributed by atoms with Crippen LogP contribution in [0, 0.1) is 5.92 Å². The summed E-state index contributed by atoms with van der Waals surface area (Å²) in [4.78, 5) is 1.81. The summed E-state index contributed by atoms with van der Waals surface area (Å²) in [6, 6.07) is 7.34. The molecule has 1 fully saturated rings. The summed E-state index contributed by atoms with van der Waals surface area (Å²) in [5.74, 6) is -1.23. The maximum atomic E-state index is 12.7. The van der Waals surface area contributed by atoms with Gasteiger partial charge in [-0.3, -0.25) is 0 Å². The highest BCUT2D eigenvalue weighted by Gasteiger charge is 2.41. The van der Waals surface area contributed by atoms with Gasteiger partial charge in [-0.05, 0) is 43.5 Å². The zero-order valence-corrected chi connectivity index (χ0v) is 13.2. The van der Waals surface area contributed by atoms with Crippen LogP contribution in [0.5, 0.6) is 0 Å². The first-order valence-electron chi connectivity index (χ1n) is 7.09. The van der Waals surface area contributed by atoms with E-state index in [1.54, 1.807) is 0 Å². The van der Waals surface area contributed by atoms with E-state index in [1.165, 1.54) is 0 Å². The van der Waals surface area contributed by atoms with Gasteiger partial charge in [-0.2, -0.15) is 13.2 Å². The summed E-state index contributed by atoms with van der Waals surface area (Å²) >= 11 is 3.32. The molecule has 1 aliphatic rings. The molecule has 0 bridgehead atoms. The Kier molecular flexibility index (Phi) is 5.68. The highest BCUT2D eigenvalue weighted by atomic mass is 79.9. The lowest BCUT2D eigenvalue weighted by atomic mass is 9.97. The van der Waals surface area contributed by atoms with Crippen molar-refractivity contribution in [3.63, 3.8) is 0 Å². The van der Waals surface area contributed by atoms with Gasteiger partial charge in [-0.1, -0.05) is 28.1 Å². The second-order valence-corrected chi connectivity index (χ2v) is 6.45. The quantitative estimate of drug-likeness (QED) is 0.866. The molecule has 0 amide bonds. The van der Waals surface area contributed by atoms with Crippen LogP contribution in [0.15, 0.2) is 28.7 Å². The van der Waals surface area contributed by atoms with Crippen LogP contribution in [0.3, 0.4) is 0 Å². The Labute approximate surface area is 131 Å². The van der Waals surface area contributed by atoms with Crippen molar-refractivity contribution in [3.05, 3.63) is 34.3 Å². The summed E-state index contributed by atoms with van der Waals surface area (Å²) in [7, 11) is 0. The van der Waals surface area contributed by atoms with Gasteiger partial charge in [0.05, 0.1) is 12.0 Å². The third kappa shape index (κ3) is 4.97. The molecule has 0 aromatic heterocycles. The lowest BCUT2D eigenvalue weighted by Gasteiger charge is -2.34. The van der Waals surface area contributed by atoms with Gasteiger partial charge in [0.1, 0.15) is 0 Å². The third-order valence-corrected chi connectivity index (χ3v) is 4.47. The van der Waals surface area contributed by atoms with Gasteiger partial charge < -0.3 is 10.0 Å². The Hall–Kier alpha value is -0.590. The number of hydrogen-bond acceptors (Lipinski definition) is 2. The maximum Gasteiger partial charge on any atom is 0.393 e. The van der Waals surface area contributed by atoms with Crippen LogP contribution in [-0.2, 0) is 0 Å². The van der Waals surface area contributed by atoms with Crippen molar-refractivity contribution in [1.29, 1.82) is 0 Å². The van der Waals surface area contributed by atoms with E-state index in [4.69, 9.17) is 0 Å². The van der Waals surface area contributed by atoms with Crippen LogP contribution in [0.1, 0.15) is 30.9 Å². The predicted molar refractivity (Wildman–Crippen MR) is 78.9 cm³/mol. The fourth-order valence-electron chi connectivity index (χ4n) is 2.68. The van der Waals surface area contributed by atoms with Crippen LogP contribution in [0.4, 0.5) is 13.2 Å². The Balaban J connectivity index is 1.83. The first-order valence-corrected chi connectivity index (χ1v) is 7.88. The molecular formula is C15H19BrF3NO. The first-order chi connectivity index (χ1) is 9.86. The zero-order valence-electron chi connectivity index (χ0n) is 11.6. The summed E-state index contributed by atoms with van der Waals surface area (Å²) in [6.45, 7) is 1.22. The molecule has 2 atom stereocenters. The molecule has 1 heterocycles. The Morgan fingerprint density at radius 1 is 1.29 bits per heavy atom. The van der Waals surface area contributed by atoms with Crippen molar-refractivity contribution in [2.75, 3.05) is 19.6 Å². The first kappa shape index (κ1) is 16.8. The molecule has 1 aromatic carbocycles. The van der Waals surface area contributed by atoms with E-state index < -0.39 is 18.2 Å². The van der Waals surface area contributed by atoms with E-state index in [9.17, 15) is 18.3 Å². The Bertz CT molecular complexity index is 449. The van der Waals surface area contributed by atoms with Crippen LogP contribution in [-0.4, -0.2) is 35.8 Å². The highest BCUT2D eigenvalue weighted by molar-refractivity contribution is 9.10. The molecule has 0 spiro atoms. The molecule has 21 heavy (non-hydrogen) atoms. The van der Waals surface area contributed by atoms with Crippen molar-refractivity contribution in [2.45, 2.75) is 31.5 Å². The summed E-state index contributed by atoms with van der Waals surface area (Å²) in [5.41, 5.74) is 0.794. The Morgan fingerprint density at radius 3 is 2.57 bits per heavy atom. The number of benzene rings is 1. The molecular weight excluding hydrogens is 347 g/mol. The number of rotatable bonds is 4. The van der Waals surface area contributed by atoms with E-state index in [0.29, 0.717) is 25.9 Å². The minimum absolute atomic E-state index is 0.0521. The van der Waals surface area contributed by atoms with E-state index in [-0.39, 0.29) is 13.0 Å². The lowest BCUT2D eigenvalue weighted by Crippen LogP contribution is -2.42. The molecule has 1 saturated heterocycles. The number of hydrogen-bond donors (Lipinski definition) is 1. The molecule has 0 saturated carbocycles. The van der Waals surface area contributed by atoms with E-state index in [0.717, 1.165) is 10.0 Å². The summed E-state index contributed by atoms with van der Waals surface area (Å²) in [5, 5.41) is 10.1. The predicted octanol–water partition coefficient (Wildman–Crippen LogP) is 4.15. The average molecular weight is 366 g/mol. The topological polar surface area (TPSA) is 23.5 Å². The number of alkyl halides is 3. The van der Waals surface area contributed by atoms with Gasteiger partial charge in [0, 0.05) is 17.6 Å². The normalized spacial score (nSPS) is 22.2. The minimum Gasteiger partial charge on any atom is -0.388 e. The molecule has 0 radical (unpaired) electrons. The maximum absolute atomic E-state index is 12.7. The number of piperidine rings is 1. The molecule has 0 aliphatic carbocycles. The van der Waals surface area contributed by atoms with Gasteiger partial charge in [-0.25, -0.2) is 0 Å². The number of aliphatic hydroxyl groups is 1. The molecule has 6 heteroatoms. The smallest absolute Gasteiger partial charge is 0.388 e. The van der Waals surface area contributed by atoms with Gasteiger partial charge >= 0.3 is 6.18 Å². The second kappa shape index (κ2) is 7.11. The van der Waals surface area contributed by atoms with Crippen molar-refractivity contribution in [1.82, 2.24) is 4.90 Å². The number of halogens is 4. The SMILES string of the molecule is OC(CCN1CCCC(C(F)(F)F)C1)c1ccc(Br)cc1. The zero-order chi connectivity index (χ0) is 15.5. The van der Waals surface area contributed by atoms with E-state index in [1.807, 2.05) is 29.2 Å². The molecule has 118 valence electrons. The average Bonchev–Trinajstić information content (AvgIpc) is 2.45. The van der Waals surface area contributed by atoms with Gasteiger partial charge in [0.15, 0.2) is 0 Å². The standard InChI is InChI=1S/C15H19BrF3NO/c16-13-5-3-11(4-6-13)14(21)7-9-20-8-1-2-12(10-20)15(17,18)19/h3-6,12,14,21H,1-2,7-10H2. The fourth-order valence-corrected chi connectivity index (χ4v) is 2.95. The van der Waals surface area contributed by atoms with Crippen LogP contribution >= 0.6 is 15.9 Å². The van der Waals surface area contributed by atoms with E-state index >= 15 is 0 Å². The third-order valence-electron chi connectivity index (χ3n) is 3.94. The van der Waals surface area contributed by atoms with Crippen molar-refractivity contribution in [2.24, 2.45) is 5.92 Å². The molecule has 1 N–H and O–H groups in total. The number of aliphatic hydroxyl groups excluding tert-OH is 1. The minimum atomic E-state index is -4.11.